The highest BCUT2D eigenvalue weighted by Crippen LogP contribution is 2.44. The van der Waals surface area contributed by atoms with Crippen LogP contribution in [-0.2, 0) is 19.1 Å². The van der Waals surface area contributed by atoms with E-state index in [0.717, 1.165) is 22.3 Å². The second kappa shape index (κ2) is 9.46. The molecule has 1 heterocycles. The van der Waals surface area contributed by atoms with Gasteiger partial charge in [-0.1, -0.05) is 48.5 Å². The number of carbonyl (C=O) groups excluding carboxylic acids is 2. The molecule has 8 nitrogen and oxygen atoms in total. The van der Waals surface area contributed by atoms with Gasteiger partial charge < -0.3 is 25.2 Å². The summed E-state index contributed by atoms with van der Waals surface area (Å²) >= 11 is 0. The Balaban J connectivity index is 1.17. The summed E-state index contributed by atoms with van der Waals surface area (Å²) in [6.45, 7) is 0.628. The van der Waals surface area contributed by atoms with Crippen molar-refractivity contribution in [1.29, 1.82) is 0 Å². The molecule has 2 unspecified atom stereocenters. The van der Waals surface area contributed by atoms with Crippen LogP contribution in [0.1, 0.15) is 36.3 Å². The zero-order valence-electron chi connectivity index (χ0n) is 18.7. The SMILES string of the molecule is O=C(NC1COCC1C(=O)N[C@@H]1CC[C@H](C(=O)O)C1)OCC1c2ccccc2-c2ccccc21. The molecule has 178 valence electrons. The number of ether oxygens (including phenoxy) is 2. The van der Waals surface area contributed by atoms with E-state index in [1.54, 1.807) is 0 Å². The van der Waals surface area contributed by atoms with Gasteiger partial charge >= 0.3 is 12.1 Å². The Labute approximate surface area is 197 Å². The molecule has 0 spiro atoms. The minimum atomic E-state index is -0.823. The van der Waals surface area contributed by atoms with Crippen LogP contribution in [0.25, 0.3) is 11.1 Å². The first-order valence-corrected chi connectivity index (χ1v) is 11.7. The first-order valence-electron chi connectivity index (χ1n) is 11.7. The standard InChI is InChI=1S/C26H28N2O6/c29-24(27-16-10-9-15(11-16)25(30)31)22-12-33-14-23(22)28-26(32)34-13-21-19-7-3-1-5-17(19)18-6-2-4-8-20(18)21/h1-8,15-16,21-23H,9-14H2,(H,27,29)(H,28,32)(H,30,31)/t15-,16+,22?,23?/m0/s1. The monoisotopic (exact) mass is 464 g/mol. The normalized spacial score (nSPS) is 25.4. The number of benzene rings is 2. The summed E-state index contributed by atoms with van der Waals surface area (Å²) in [6, 6.07) is 15.6. The van der Waals surface area contributed by atoms with Crippen molar-refractivity contribution in [2.75, 3.05) is 19.8 Å². The average molecular weight is 465 g/mol. The zero-order chi connectivity index (χ0) is 23.7. The Morgan fingerprint density at radius 3 is 2.26 bits per heavy atom. The topological polar surface area (TPSA) is 114 Å². The molecule has 2 aromatic carbocycles. The number of aliphatic carboxylic acids is 1. The molecule has 2 aliphatic carbocycles. The number of carboxylic acid groups (broad SMARTS) is 1. The number of hydrogen-bond acceptors (Lipinski definition) is 5. The first kappa shape index (κ1) is 22.4. The number of amides is 2. The second-order valence-electron chi connectivity index (χ2n) is 9.27. The third-order valence-corrected chi connectivity index (χ3v) is 7.19. The van der Waals surface area contributed by atoms with Crippen LogP contribution >= 0.6 is 0 Å². The molecule has 1 saturated heterocycles. The minimum Gasteiger partial charge on any atom is -0.481 e. The lowest BCUT2D eigenvalue weighted by molar-refractivity contribution is -0.141. The molecule has 1 aliphatic heterocycles. The molecule has 3 N–H and O–H groups in total. The maximum absolute atomic E-state index is 12.8. The van der Waals surface area contributed by atoms with Gasteiger partial charge in [-0.2, -0.15) is 0 Å². The van der Waals surface area contributed by atoms with Gasteiger partial charge in [0.15, 0.2) is 0 Å². The van der Waals surface area contributed by atoms with E-state index in [2.05, 4.69) is 34.9 Å². The molecule has 3 aliphatic rings. The van der Waals surface area contributed by atoms with Crippen LogP contribution in [0.2, 0.25) is 0 Å². The van der Waals surface area contributed by atoms with Crippen LogP contribution in [-0.4, -0.2) is 55.0 Å². The van der Waals surface area contributed by atoms with Gasteiger partial charge in [-0.25, -0.2) is 4.79 Å². The van der Waals surface area contributed by atoms with E-state index < -0.39 is 29.9 Å². The summed E-state index contributed by atoms with van der Waals surface area (Å²) in [5.41, 5.74) is 4.58. The summed E-state index contributed by atoms with van der Waals surface area (Å²) in [5.74, 6) is -2.04. The van der Waals surface area contributed by atoms with Crippen molar-refractivity contribution in [3.63, 3.8) is 0 Å². The fraction of sp³-hybridized carbons (Fsp3) is 0.423. The molecular weight excluding hydrogens is 436 g/mol. The van der Waals surface area contributed by atoms with Crippen molar-refractivity contribution in [3.8, 4) is 11.1 Å². The van der Waals surface area contributed by atoms with Gasteiger partial charge in [0.05, 0.1) is 31.1 Å². The molecule has 8 heteroatoms. The number of alkyl carbamates (subject to hydrolysis) is 1. The number of rotatable bonds is 6. The van der Waals surface area contributed by atoms with Gasteiger partial charge in [0, 0.05) is 12.0 Å². The third kappa shape index (κ3) is 4.37. The fourth-order valence-electron chi connectivity index (χ4n) is 5.39. The van der Waals surface area contributed by atoms with Crippen LogP contribution in [0, 0.1) is 11.8 Å². The Bertz CT molecular complexity index is 1060. The van der Waals surface area contributed by atoms with Gasteiger partial charge in [-0.05, 0) is 41.5 Å². The second-order valence-corrected chi connectivity index (χ2v) is 9.27. The van der Waals surface area contributed by atoms with Crippen molar-refractivity contribution in [2.24, 2.45) is 11.8 Å². The molecule has 0 bridgehead atoms. The number of hydrogen-bond donors (Lipinski definition) is 3. The Morgan fingerprint density at radius 2 is 1.62 bits per heavy atom. The molecule has 1 saturated carbocycles. The van der Waals surface area contributed by atoms with Crippen LogP contribution in [0.4, 0.5) is 4.79 Å². The van der Waals surface area contributed by atoms with Crippen LogP contribution in [0.3, 0.4) is 0 Å². The molecule has 0 aromatic heterocycles. The van der Waals surface area contributed by atoms with Crippen LogP contribution in [0.15, 0.2) is 48.5 Å². The van der Waals surface area contributed by atoms with Crippen LogP contribution in [0.5, 0.6) is 0 Å². The molecular formula is C26H28N2O6. The van der Waals surface area contributed by atoms with Gasteiger partial charge in [0.2, 0.25) is 5.91 Å². The van der Waals surface area contributed by atoms with Crippen molar-refractivity contribution < 1.29 is 29.0 Å². The van der Waals surface area contributed by atoms with Gasteiger partial charge in [0.25, 0.3) is 0 Å². The third-order valence-electron chi connectivity index (χ3n) is 7.19. The van der Waals surface area contributed by atoms with Crippen LogP contribution < -0.4 is 10.6 Å². The summed E-state index contributed by atoms with van der Waals surface area (Å²) in [5, 5.41) is 14.9. The van der Waals surface area contributed by atoms with Crippen molar-refractivity contribution >= 4 is 18.0 Å². The Kier molecular flexibility index (Phi) is 6.24. The highest BCUT2D eigenvalue weighted by molar-refractivity contribution is 5.82. The van der Waals surface area contributed by atoms with Crippen molar-refractivity contribution in [1.82, 2.24) is 10.6 Å². The highest BCUT2D eigenvalue weighted by atomic mass is 16.5. The average Bonchev–Trinajstić information content (AvgIpc) is 3.56. The van der Waals surface area contributed by atoms with Crippen molar-refractivity contribution in [3.05, 3.63) is 59.7 Å². The predicted molar refractivity (Wildman–Crippen MR) is 123 cm³/mol. The highest BCUT2D eigenvalue weighted by Gasteiger charge is 2.38. The summed E-state index contributed by atoms with van der Waals surface area (Å²) < 4.78 is 11.1. The fourth-order valence-corrected chi connectivity index (χ4v) is 5.39. The van der Waals surface area contributed by atoms with E-state index in [1.807, 2.05) is 24.3 Å². The predicted octanol–water partition coefficient (Wildman–Crippen LogP) is 2.91. The molecule has 34 heavy (non-hydrogen) atoms. The smallest absolute Gasteiger partial charge is 0.407 e. The maximum Gasteiger partial charge on any atom is 0.407 e. The molecule has 0 radical (unpaired) electrons. The Morgan fingerprint density at radius 1 is 0.941 bits per heavy atom. The molecule has 4 atom stereocenters. The van der Waals surface area contributed by atoms with Gasteiger partial charge in [-0.3, -0.25) is 9.59 Å². The van der Waals surface area contributed by atoms with Gasteiger partial charge in [-0.15, -0.1) is 0 Å². The maximum atomic E-state index is 12.8. The van der Waals surface area contributed by atoms with E-state index in [-0.39, 0.29) is 37.7 Å². The quantitative estimate of drug-likeness (QED) is 0.606. The molecule has 2 amide bonds. The summed E-state index contributed by atoms with van der Waals surface area (Å²) in [6.07, 6.45) is 1.05. The number of carboxylic acids is 1. The Hall–Kier alpha value is -3.39. The minimum absolute atomic E-state index is 0.0402. The number of nitrogens with one attached hydrogen (secondary N) is 2. The van der Waals surface area contributed by atoms with Gasteiger partial charge in [0.1, 0.15) is 6.61 Å². The van der Waals surface area contributed by atoms with E-state index in [0.29, 0.717) is 19.3 Å². The molecule has 2 fully saturated rings. The lowest BCUT2D eigenvalue weighted by Gasteiger charge is -2.21. The van der Waals surface area contributed by atoms with E-state index in [9.17, 15) is 14.4 Å². The first-order chi connectivity index (χ1) is 16.5. The lowest BCUT2D eigenvalue weighted by Crippen LogP contribution is -2.48. The molecule has 2 aromatic rings. The zero-order valence-corrected chi connectivity index (χ0v) is 18.7. The summed E-state index contributed by atoms with van der Waals surface area (Å²) in [4.78, 5) is 36.6. The largest absolute Gasteiger partial charge is 0.481 e. The number of fused-ring (bicyclic) bond motifs is 3. The van der Waals surface area contributed by atoms with E-state index >= 15 is 0 Å². The summed E-state index contributed by atoms with van der Waals surface area (Å²) in [7, 11) is 0. The lowest BCUT2D eigenvalue weighted by atomic mass is 9.98. The van der Waals surface area contributed by atoms with E-state index in [1.165, 1.54) is 0 Å². The molecule has 5 rings (SSSR count). The van der Waals surface area contributed by atoms with Crippen molar-refractivity contribution in [2.45, 2.75) is 37.3 Å². The number of carbonyl (C=O) groups is 3. The van der Waals surface area contributed by atoms with E-state index in [4.69, 9.17) is 14.6 Å².